The predicted molar refractivity (Wildman–Crippen MR) is 93.7 cm³/mol. The molecular weight excluding hydrogens is 430 g/mol. The molecule has 1 aliphatic carbocycles. The second kappa shape index (κ2) is 8.27. The van der Waals surface area contributed by atoms with E-state index in [1.54, 1.807) is 7.11 Å². The molecule has 0 amide bonds. The lowest BCUT2D eigenvalue weighted by molar-refractivity contribution is -0.164. The molecule has 5 nitrogen and oxygen atoms in total. The third-order valence-corrected chi connectivity index (χ3v) is 5.45. The second-order valence-corrected chi connectivity index (χ2v) is 6.99. The van der Waals surface area contributed by atoms with Crippen LogP contribution >= 0.6 is 22.6 Å². The Morgan fingerprint density at radius 3 is 2.71 bits per heavy atom. The first-order chi connectivity index (χ1) is 11.7. The van der Waals surface area contributed by atoms with Crippen molar-refractivity contribution in [1.82, 2.24) is 0 Å². The molecule has 7 heteroatoms. The number of benzene rings is 1. The molecule has 1 heterocycles. The number of methoxy groups -OCH3 is 1. The number of halogens is 2. The SMILES string of the molecule is COCCOCOc1cc2c(c(F)c1I)CCC1(CC2)OCCO1. The van der Waals surface area contributed by atoms with Gasteiger partial charge in [0.1, 0.15) is 11.6 Å². The smallest absolute Gasteiger partial charge is 0.189 e. The zero-order valence-corrected chi connectivity index (χ0v) is 15.9. The van der Waals surface area contributed by atoms with Gasteiger partial charge in [-0.3, -0.25) is 0 Å². The van der Waals surface area contributed by atoms with Crippen LogP contribution in [0.3, 0.4) is 0 Å². The summed E-state index contributed by atoms with van der Waals surface area (Å²) in [6, 6.07) is 1.92. The summed E-state index contributed by atoms with van der Waals surface area (Å²) >= 11 is 1.99. The highest BCUT2D eigenvalue weighted by molar-refractivity contribution is 14.1. The van der Waals surface area contributed by atoms with Crippen molar-refractivity contribution in [1.29, 1.82) is 0 Å². The van der Waals surface area contributed by atoms with E-state index < -0.39 is 5.79 Å². The van der Waals surface area contributed by atoms with Crippen LogP contribution in [-0.2, 0) is 31.8 Å². The van der Waals surface area contributed by atoms with E-state index in [0.717, 1.165) is 17.5 Å². The summed E-state index contributed by atoms with van der Waals surface area (Å²) in [6.45, 7) is 2.25. The van der Waals surface area contributed by atoms with Crippen LogP contribution in [0.15, 0.2) is 6.07 Å². The zero-order valence-electron chi connectivity index (χ0n) is 13.7. The van der Waals surface area contributed by atoms with Gasteiger partial charge in [0.2, 0.25) is 0 Å². The van der Waals surface area contributed by atoms with E-state index in [2.05, 4.69) is 0 Å². The molecule has 0 saturated carbocycles. The number of ether oxygens (including phenoxy) is 5. The van der Waals surface area contributed by atoms with Crippen molar-refractivity contribution in [3.8, 4) is 5.75 Å². The summed E-state index contributed by atoms with van der Waals surface area (Å²) in [5.74, 6) is -0.218. The molecule has 134 valence electrons. The summed E-state index contributed by atoms with van der Waals surface area (Å²) in [6.07, 6.45) is 2.75. The highest BCUT2D eigenvalue weighted by Crippen LogP contribution is 2.38. The van der Waals surface area contributed by atoms with Crippen LogP contribution in [0.25, 0.3) is 0 Å². The first-order valence-electron chi connectivity index (χ1n) is 8.12. The van der Waals surface area contributed by atoms with Crippen molar-refractivity contribution in [2.24, 2.45) is 0 Å². The van der Waals surface area contributed by atoms with E-state index >= 15 is 0 Å². The molecule has 1 aliphatic heterocycles. The van der Waals surface area contributed by atoms with Gasteiger partial charge in [-0.25, -0.2) is 4.39 Å². The summed E-state index contributed by atoms with van der Waals surface area (Å²) in [5.41, 5.74) is 1.72. The van der Waals surface area contributed by atoms with Gasteiger partial charge in [0.25, 0.3) is 0 Å². The van der Waals surface area contributed by atoms with Crippen molar-refractivity contribution in [3.63, 3.8) is 0 Å². The number of rotatable bonds is 6. The Hall–Kier alpha value is -0.480. The molecule has 1 saturated heterocycles. The quantitative estimate of drug-likeness (QED) is 0.377. The summed E-state index contributed by atoms with van der Waals surface area (Å²) in [5, 5.41) is 0. The van der Waals surface area contributed by atoms with Crippen molar-refractivity contribution in [2.75, 3.05) is 40.3 Å². The van der Waals surface area contributed by atoms with E-state index in [4.69, 9.17) is 23.7 Å². The fourth-order valence-electron chi connectivity index (χ4n) is 3.15. The molecule has 0 bridgehead atoms. The molecule has 0 atom stereocenters. The summed E-state index contributed by atoms with van der Waals surface area (Å²) < 4.78 is 42.7. The van der Waals surface area contributed by atoms with Gasteiger partial charge in [-0.05, 0) is 52.6 Å². The average molecular weight is 452 g/mol. The minimum atomic E-state index is -0.540. The third-order valence-electron chi connectivity index (χ3n) is 4.44. The van der Waals surface area contributed by atoms with Crippen LogP contribution < -0.4 is 4.74 Å². The Bertz CT molecular complexity index is 575. The van der Waals surface area contributed by atoms with E-state index in [0.29, 0.717) is 55.0 Å². The van der Waals surface area contributed by atoms with Crippen molar-refractivity contribution < 1.29 is 28.1 Å². The minimum Gasteiger partial charge on any atom is -0.466 e. The lowest BCUT2D eigenvalue weighted by atomic mass is 10.0. The lowest BCUT2D eigenvalue weighted by Crippen LogP contribution is -2.30. The molecule has 1 aromatic carbocycles. The third kappa shape index (κ3) is 4.01. The molecule has 24 heavy (non-hydrogen) atoms. The zero-order chi connectivity index (χ0) is 17.0. The van der Waals surface area contributed by atoms with Gasteiger partial charge in [0.15, 0.2) is 12.6 Å². The normalized spacial score (nSPS) is 19.3. The Balaban J connectivity index is 1.71. The maximum Gasteiger partial charge on any atom is 0.189 e. The van der Waals surface area contributed by atoms with E-state index in [9.17, 15) is 4.39 Å². The Morgan fingerprint density at radius 2 is 1.96 bits per heavy atom. The molecule has 0 unspecified atom stereocenters. The van der Waals surface area contributed by atoms with Gasteiger partial charge in [-0.2, -0.15) is 0 Å². The van der Waals surface area contributed by atoms with Gasteiger partial charge < -0.3 is 23.7 Å². The van der Waals surface area contributed by atoms with Crippen LogP contribution in [-0.4, -0.2) is 46.1 Å². The topological polar surface area (TPSA) is 46.2 Å². The van der Waals surface area contributed by atoms with E-state index in [1.807, 2.05) is 28.7 Å². The molecule has 2 aliphatic rings. The van der Waals surface area contributed by atoms with Gasteiger partial charge >= 0.3 is 0 Å². The standard InChI is InChI=1S/C17H22FIO5/c1-20-6-7-21-11-22-14-10-12-2-4-17(23-8-9-24-17)5-3-13(12)15(18)16(14)19/h10H,2-9,11H2,1H3. The fraction of sp³-hybridized carbons (Fsp3) is 0.647. The maximum atomic E-state index is 14.8. The van der Waals surface area contributed by atoms with Crippen molar-refractivity contribution in [2.45, 2.75) is 31.5 Å². The van der Waals surface area contributed by atoms with E-state index in [-0.39, 0.29) is 12.6 Å². The molecule has 0 aromatic heterocycles. The van der Waals surface area contributed by atoms with Crippen LogP contribution in [0.5, 0.6) is 5.75 Å². The van der Waals surface area contributed by atoms with Gasteiger partial charge in [-0.15, -0.1) is 0 Å². The lowest BCUT2D eigenvalue weighted by Gasteiger charge is -2.25. The molecule has 1 spiro atoms. The predicted octanol–water partition coefficient (Wildman–Crippen LogP) is 3.05. The highest BCUT2D eigenvalue weighted by atomic mass is 127. The number of hydrogen-bond acceptors (Lipinski definition) is 5. The molecular formula is C17H22FIO5. The Kier molecular flexibility index (Phi) is 6.31. The van der Waals surface area contributed by atoms with Crippen LogP contribution in [0.1, 0.15) is 24.0 Å². The largest absolute Gasteiger partial charge is 0.466 e. The van der Waals surface area contributed by atoms with E-state index in [1.165, 1.54) is 0 Å². The molecule has 1 fully saturated rings. The summed E-state index contributed by atoms with van der Waals surface area (Å²) in [4.78, 5) is 0. The van der Waals surface area contributed by atoms with Gasteiger partial charge in [0.05, 0.1) is 30.0 Å². The number of hydrogen-bond donors (Lipinski definition) is 0. The van der Waals surface area contributed by atoms with Gasteiger partial charge in [-0.1, -0.05) is 0 Å². The minimum absolute atomic E-state index is 0.0771. The Labute approximate surface area is 154 Å². The molecule has 0 N–H and O–H groups in total. The van der Waals surface area contributed by atoms with Crippen LogP contribution in [0.4, 0.5) is 4.39 Å². The number of fused-ring (bicyclic) bond motifs is 1. The average Bonchev–Trinajstić information content (AvgIpc) is 2.97. The highest BCUT2D eigenvalue weighted by Gasteiger charge is 2.38. The van der Waals surface area contributed by atoms with Crippen LogP contribution in [0, 0.1) is 9.39 Å². The van der Waals surface area contributed by atoms with Crippen LogP contribution in [0.2, 0.25) is 0 Å². The molecule has 0 radical (unpaired) electrons. The number of aryl methyl sites for hydroxylation is 1. The van der Waals surface area contributed by atoms with Crippen molar-refractivity contribution >= 4 is 22.6 Å². The first-order valence-corrected chi connectivity index (χ1v) is 9.20. The van der Waals surface area contributed by atoms with Crippen molar-refractivity contribution in [3.05, 3.63) is 26.6 Å². The Morgan fingerprint density at radius 1 is 1.21 bits per heavy atom. The second-order valence-electron chi connectivity index (χ2n) is 5.91. The summed E-state index contributed by atoms with van der Waals surface area (Å²) in [7, 11) is 1.61. The monoisotopic (exact) mass is 452 g/mol. The maximum absolute atomic E-state index is 14.8. The first kappa shape index (κ1) is 18.3. The fourth-order valence-corrected chi connectivity index (χ4v) is 3.78. The molecule has 1 aromatic rings. The molecule has 3 rings (SSSR count). The van der Waals surface area contributed by atoms with Gasteiger partial charge in [0, 0.05) is 20.0 Å².